The lowest BCUT2D eigenvalue weighted by Gasteiger charge is -2.15. The van der Waals surface area contributed by atoms with Crippen LogP contribution in [-0.2, 0) is 4.79 Å². The number of amides is 1. The number of primary amides is 1. The predicted octanol–water partition coefficient (Wildman–Crippen LogP) is 3.16. The summed E-state index contributed by atoms with van der Waals surface area (Å²) in [5.41, 5.74) is 5.64. The molecule has 0 fully saturated rings. The molecular formula is C20H19IN2O5. The summed E-state index contributed by atoms with van der Waals surface area (Å²) >= 11 is 2.09. The Morgan fingerprint density at radius 2 is 1.75 bits per heavy atom. The molecule has 0 aromatic heterocycles. The zero-order chi connectivity index (χ0) is 20.5. The summed E-state index contributed by atoms with van der Waals surface area (Å²) in [7, 11) is 3.09. The van der Waals surface area contributed by atoms with E-state index in [-0.39, 0.29) is 12.2 Å². The van der Waals surface area contributed by atoms with Crippen LogP contribution in [0.4, 0.5) is 0 Å². The molecule has 0 saturated carbocycles. The van der Waals surface area contributed by atoms with Crippen molar-refractivity contribution in [3.05, 3.63) is 51.1 Å². The molecule has 0 aliphatic heterocycles. The summed E-state index contributed by atoms with van der Waals surface area (Å²) in [6, 6.07) is 12.6. The summed E-state index contributed by atoms with van der Waals surface area (Å²) < 4.78 is 22.9. The van der Waals surface area contributed by atoms with Crippen LogP contribution in [0, 0.1) is 14.9 Å². The van der Waals surface area contributed by atoms with Crippen LogP contribution in [0.1, 0.15) is 5.56 Å². The molecular weight excluding hydrogens is 475 g/mol. The standard InChI is InChI=1S/C20H19IN2O5/c1-25-16-5-3-4-6-17(16)27-7-8-28-19-15(21)10-13(11-18(19)26-2)9-14(12-22)20(23)24/h3-6,9-11H,7-8H2,1-2H3,(H2,23,24)/b14-9+. The first kappa shape index (κ1) is 21.4. The van der Waals surface area contributed by atoms with E-state index in [1.165, 1.54) is 13.2 Å². The third-order valence-electron chi connectivity index (χ3n) is 3.61. The molecule has 1 amide bonds. The first-order valence-corrected chi connectivity index (χ1v) is 9.25. The fourth-order valence-corrected chi connectivity index (χ4v) is 3.10. The van der Waals surface area contributed by atoms with Crippen molar-refractivity contribution >= 4 is 34.6 Å². The van der Waals surface area contributed by atoms with Crippen molar-refractivity contribution in [2.75, 3.05) is 27.4 Å². The van der Waals surface area contributed by atoms with Crippen LogP contribution in [0.3, 0.4) is 0 Å². The number of nitriles is 1. The van der Waals surface area contributed by atoms with Crippen LogP contribution < -0.4 is 24.7 Å². The van der Waals surface area contributed by atoms with Crippen molar-refractivity contribution in [1.82, 2.24) is 0 Å². The van der Waals surface area contributed by atoms with Crippen molar-refractivity contribution in [2.24, 2.45) is 5.73 Å². The Balaban J connectivity index is 2.09. The average molecular weight is 494 g/mol. The van der Waals surface area contributed by atoms with Gasteiger partial charge < -0.3 is 24.7 Å². The van der Waals surface area contributed by atoms with Crippen LogP contribution >= 0.6 is 22.6 Å². The van der Waals surface area contributed by atoms with E-state index >= 15 is 0 Å². The van der Waals surface area contributed by atoms with E-state index in [4.69, 9.17) is 29.9 Å². The van der Waals surface area contributed by atoms with Gasteiger partial charge in [0, 0.05) is 0 Å². The van der Waals surface area contributed by atoms with E-state index in [9.17, 15) is 4.79 Å². The molecule has 2 N–H and O–H groups in total. The number of carbonyl (C=O) groups excluding carboxylic acids is 1. The lowest BCUT2D eigenvalue weighted by atomic mass is 10.1. The van der Waals surface area contributed by atoms with E-state index in [0.717, 1.165) is 3.57 Å². The van der Waals surface area contributed by atoms with Gasteiger partial charge in [-0.25, -0.2) is 0 Å². The van der Waals surface area contributed by atoms with Crippen molar-refractivity contribution in [3.63, 3.8) is 0 Å². The fraction of sp³-hybridized carbons (Fsp3) is 0.200. The van der Waals surface area contributed by atoms with Gasteiger partial charge >= 0.3 is 0 Å². The maximum atomic E-state index is 11.2. The van der Waals surface area contributed by atoms with Gasteiger partial charge in [0.15, 0.2) is 23.0 Å². The number of benzene rings is 2. The summed E-state index contributed by atoms with van der Waals surface area (Å²) in [6.07, 6.45) is 1.40. The predicted molar refractivity (Wildman–Crippen MR) is 112 cm³/mol. The maximum absolute atomic E-state index is 11.2. The number of methoxy groups -OCH3 is 2. The maximum Gasteiger partial charge on any atom is 0.259 e. The molecule has 28 heavy (non-hydrogen) atoms. The van der Waals surface area contributed by atoms with E-state index in [2.05, 4.69) is 22.6 Å². The number of carbonyl (C=O) groups is 1. The van der Waals surface area contributed by atoms with Gasteiger partial charge in [0.25, 0.3) is 5.91 Å². The average Bonchev–Trinajstić information content (AvgIpc) is 2.70. The molecule has 0 unspecified atom stereocenters. The normalized spacial score (nSPS) is 10.7. The summed E-state index contributed by atoms with van der Waals surface area (Å²) in [6.45, 7) is 0.589. The number of ether oxygens (including phenoxy) is 4. The van der Waals surface area contributed by atoms with Crippen LogP contribution in [0.15, 0.2) is 42.0 Å². The second kappa shape index (κ2) is 10.4. The molecule has 7 nitrogen and oxygen atoms in total. The quantitative estimate of drug-likeness (QED) is 0.249. The minimum Gasteiger partial charge on any atom is -0.493 e. The highest BCUT2D eigenvalue weighted by Gasteiger charge is 2.13. The van der Waals surface area contributed by atoms with Gasteiger partial charge in [0.2, 0.25) is 0 Å². The van der Waals surface area contributed by atoms with Crippen molar-refractivity contribution in [2.45, 2.75) is 0 Å². The number of nitrogens with two attached hydrogens (primary N) is 1. The highest BCUT2D eigenvalue weighted by Crippen LogP contribution is 2.34. The van der Waals surface area contributed by atoms with Crippen LogP contribution in [0.25, 0.3) is 6.08 Å². The van der Waals surface area contributed by atoms with E-state index in [1.54, 1.807) is 25.3 Å². The Morgan fingerprint density at radius 1 is 1.11 bits per heavy atom. The number of halogens is 1. The molecule has 146 valence electrons. The van der Waals surface area contributed by atoms with E-state index in [0.29, 0.717) is 35.2 Å². The Labute approximate surface area is 176 Å². The van der Waals surface area contributed by atoms with Gasteiger partial charge in [-0.2, -0.15) is 5.26 Å². The van der Waals surface area contributed by atoms with Crippen LogP contribution in [0.2, 0.25) is 0 Å². The lowest BCUT2D eigenvalue weighted by Crippen LogP contribution is -2.12. The van der Waals surface area contributed by atoms with Crippen molar-refractivity contribution in [1.29, 1.82) is 5.26 Å². The van der Waals surface area contributed by atoms with Gasteiger partial charge in [-0.1, -0.05) is 12.1 Å². The number of nitrogens with zero attached hydrogens (tertiary/aromatic N) is 1. The second-order valence-electron chi connectivity index (χ2n) is 5.42. The summed E-state index contributed by atoms with van der Waals surface area (Å²) in [4.78, 5) is 11.2. The molecule has 0 heterocycles. The largest absolute Gasteiger partial charge is 0.493 e. The Hall–Kier alpha value is -2.93. The molecule has 2 rings (SSSR count). The number of hydrogen-bond donors (Lipinski definition) is 1. The molecule has 0 saturated heterocycles. The summed E-state index contributed by atoms with van der Waals surface area (Å²) in [5, 5.41) is 8.98. The van der Waals surface area contributed by atoms with E-state index in [1.807, 2.05) is 24.3 Å². The SMILES string of the molecule is COc1ccccc1OCCOc1c(I)cc(/C=C(\C#N)C(N)=O)cc1OC. The van der Waals surface area contributed by atoms with Gasteiger partial charge in [0.05, 0.1) is 17.8 Å². The Kier molecular flexibility index (Phi) is 7.95. The first-order valence-electron chi connectivity index (χ1n) is 8.18. The van der Waals surface area contributed by atoms with Gasteiger partial charge in [-0.3, -0.25) is 4.79 Å². The number of hydrogen-bond acceptors (Lipinski definition) is 6. The topological polar surface area (TPSA) is 104 Å². The first-order chi connectivity index (χ1) is 13.5. The van der Waals surface area contributed by atoms with Crippen molar-refractivity contribution in [3.8, 4) is 29.1 Å². The Bertz CT molecular complexity index is 921. The number of para-hydroxylation sites is 2. The van der Waals surface area contributed by atoms with Crippen LogP contribution in [-0.4, -0.2) is 33.3 Å². The Morgan fingerprint density at radius 3 is 2.36 bits per heavy atom. The third kappa shape index (κ3) is 5.53. The number of rotatable bonds is 9. The van der Waals surface area contributed by atoms with Crippen molar-refractivity contribution < 1.29 is 23.7 Å². The molecule has 8 heteroatoms. The highest BCUT2D eigenvalue weighted by atomic mass is 127. The smallest absolute Gasteiger partial charge is 0.259 e. The van der Waals surface area contributed by atoms with Crippen LogP contribution in [0.5, 0.6) is 23.0 Å². The zero-order valence-electron chi connectivity index (χ0n) is 15.4. The zero-order valence-corrected chi connectivity index (χ0v) is 17.6. The molecule has 0 atom stereocenters. The van der Waals surface area contributed by atoms with Gasteiger partial charge in [0.1, 0.15) is 24.9 Å². The third-order valence-corrected chi connectivity index (χ3v) is 4.41. The summed E-state index contributed by atoms with van der Waals surface area (Å²) in [5.74, 6) is 1.50. The minimum atomic E-state index is -0.787. The van der Waals surface area contributed by atoms with Gasteiger partial charge in [-0.05, 0) is 58.5 Å². The molecule has 0 bridgehead atoms. The van der Waals surface area contributed by atoms with Gasteiger partial charge in [-0.15, -0.1) is 0 Å². The second-order valence-corrected chi connectivity index (χ2v) is 6.58. The molecule has 2 aromatic carbocycles. The molecule has 0 spiro atoms. The highest BCUT2D eigenvalue weighted by molar-refractivity contribution is 14.1. The fourth-order valence-electron chi connectivity index (χ4n) is 2.32. The molecule has 2 aromatic rings. The lowest BCUT2D eigenvalue weighted by molar-refractivity contribution is -0.114. The molecule has 0 aliphatic rings. The molecule has 0 aliphatic carbocycles. The minimum absolute atomic E-state index is 0.142. The molecule has 0 radical (unpaired) electrons. The van der Waals surface area contributed by atoms with E-state index < -0.39 is 5.91 Å². The monoisotopic (exact) mass is 494 g/mol.